The highest BCUT2D eigenvalue weighted by atomic mass is 35.5. The summed E-state index contributed by atoms with van der Waals surface area (Å²) in [5.41, 5.74) is 2.73. The predicted octanol–water partition coefficient (Wildman–Crippen LogP) is 5.14. The van der Waals surface area contributed by atoms with Crippen LogP contribution in [-0.2, 0) is 11.3 Å². The van der Waals surface area contributed by atoms with Gasteiger partial charge in [0, 0.05) is 23.2 Å². The molecule has 146 valence electrons. The minimum atomic E-state index is -0.472. The van der Waals surface area contributed by atoms with Crippen LogP contribution in [0.15, 0.2) is 64.6 Å². The van der Waals surface area contributed by atoms with Crippen LogP contribution >= 0.6 is 11.6 Å². The van der Waals surface area contributed by atoms with Crippen LogP contribution in [0.2, 0.25) is 5.02 Å². The lowest BCUT2D eigenvalue weighted by molar-refractivity contribution is -0.117. The molecule has 0 bridgehead atoms. The van der Waals surface area contributed by atoms with Crippen molar-refractivity contribution in [1.82, 2.24) is 5.32 Å². The minimum Gasteiger partial charge on any atom is -0.497 e. The molecule has 5 nitrogen and oxygen atoms in total. The van der Waals surface area contributed by atoms with Crippen LogP contribution in [0.4, 0.5) is 0 Å². The van der Waals surface area contributed by atoms with Crippen molar-refractivity contribution in [2.45, 2.75) is 13.5 Å². The molecule has 0 unspecified atom stereocenters. The largest absolute Gasteiger partial charge is 0.497 e. The maximum absolute atomic E-state index is 12.4. The average Bonchev–Trinajstić information content (AvgIpc) is 3.20. The molecule has 1 amide bonds. The second-order valence-corrected chi connectivity index (χ2v) is 6.80. The molecule has 29 heavy (non-hydrogen) atoms. The first-order chi connectivity index (χ1) is 14.0. The van der Waals surface area contributed by atoms with E-state index in [9.17, 15) is 10.1 Å². The van der Waals surface area contributed by atoms with E-state index in [-0.39, 0.29) is 5.57 Å². The molecule has 6 heteroatoms. The fraction of sp³-hybridized carbons (Fsp3) is 0.130. The van der Waals surface area contributed by atoms with E-state index in [1.165, 1.54) is 6.08 Å². The highest BCUT2D eigenvalue weighted by molar-refractivity contribution is 6.30. The zero-order valence-electron chi connectivity index (χ0n) is 16.0. The van der Waals surface area contributed by atoms with Crippen molar-refractivity contribution in [3.8, 4) is 23.1 Å². The third kappa shape index (κ3) is 5.07. The molecule has 0 atom stereocenters. The van der Waals surface area contributed by atoms with Gasteiger partial charge in [0.05, 0.1) is 7.11 Å². The third-order valence-electron chi connectivity index (χ3n) is 4.36. The molecule has 3 rings (SSSR count). The van der Waals surface area contributed by atoms with E-state index in [4.69, 9.17) is 20.8 Å². The number of nitrogens with one attached hydrogen (secondary N) is 1. The van der Waals surface area contributed by atoms with Gasteiger partial charge in [-0.3, -0.25) is 4.79 Å². The monoisotopic (exact) mass is 406 g/mol. The number of furan rings is 1. The maximum atomic E-state index is 12.4. The Morgan fingerprint density at radius 1 is 1.21 bits per heavy atom. The lowest BCUT2D eigenvalue weighted by Crippen LogP contribution is -2.23. The highest BCUT2D eigenvalue weighted by Gasteiger charge is 2.12. The summed E-state index contributed by atoms with van der Waals surface area (Å²) in [4.78, 5) is 12.4. The smallest absolute Gasteiger partial charge is 0.262 e. The van der Waals surface area contributed by atoms with Crippen LogP contribution in [0.1, 0.15) is 16.9 Å². The number of amides is 1. The van der Waals surface area contributed by atoms with Crippen molar-refractivity contribution in [2.75, 3.05) is 7.11 Å². The van der Waals surface area contributed by atoms with E-state index < -0.39 is 5.91 Å². The summed E-state index contributed by atoms with van der Waals surface area (Å²) in [6.45, 7) is 2.25. The number of hydrogen-bond acceptors (Lipinski definition) is 4. The first-order valence-corrected chi connectivity index (χ1v) is 9.27. The van der Waals surface area contributed by atoms with Crippen LogP contribution in [0.25, 0.3) is 17.4 Å². The molecule has 0 saturated heterocycles. The van der Waals surface area contributed by atoms with Gasteiger partial charge in [-0.2, -0.15) is 5.26 Å². The number of methoxy groups -OCH3 is 1. The summed E-state index contributed by atoms with van der Waals surface area (Å²) in [5.74, 6) is 1.30. The van der Waals surface area contributed by atoms with Crippen molar-refractivity contribution in [2.24, 2.45) is 0 Å². The van der Waals surface area contributed by atoms with Crippen LogP contribution in [0.3, 0.4) is 0 Å². The molecule has 0 radical (unpaired) electrons. The summed E-state index contributed by atoms with van der Waals surface area (Å²) < 4.78 is 10.9. The quantitative estimate of drug-likeness (QED) is 0.454. The first kappa shape index (κ1) is 20.2. The predicted molar refractivity (Wildman–Crippen MR) is 112 cm³/mol. The van der Waals surface area contributed by atoms with Gasteiger partial charge in [-0.1, -0.05) is 29.8 Å². The van der Waals surface area contributed by atoms with Gasteiger partial charge in [-0.25, -0.2) is 0 Å². The number of carbonyl (C=O) groups excluding carboxylic acids is 1. The Balaban J connectivity index is 1.72. The van der Waals surface area contributed by atoms with E-state index >= 15 is 0 Å². The fourth-order valence-electron chi connectivity index (χ4n) is 2.75. The van der Waals surface area contributed by atoms with Gasteiger partial charge in [0.25, 0.3) is 5.91 Å². The Labute approximate surface area is 174 Å². The average molecular weight is 407 g/mol. The number of ether oxygens (including phenoxy) is 1. The van der Waals surface area contributed by atoms with Gasteiger partial charge in [0.2, 0.25) is 0 Å². The van der Waals surface area contributed by atoms with Gasteiger partial charge in [0.1, 0.15) is 28.9 Å². The number of carbonyl (C=O) groups is 1. The molecular formula is C23H19ClN2O3. The Bertz CT molecular complexity index is 1090. The zero-order chi connectivity index (χ0) is 20.8. The van der Waals surface area contributed by atoms with E-state index in [0.29, 0.717) is 23.1 Å². The van der Waals surface area contributed by atoms with Crippen LogP contribution in [0, 0.1) is 18.3 Å². The normalized spacial score (nSPS) is 11.0. The summed E-state index contributed by atoms with van der Waals surface area (Å²) in [6.07, 6.45) is 1.42. The lowest BCUT2D eigenvalue weighted by atomic mass is 10.1. The Hall–Kier alpha value is -3.49. The number of rotatable bonds is 6. The molecular weight excluding hydrogens is 388 g/mol. The second-order valence-electron chi connectivity index (χ2n) is 6.36. The number of aryl methyl sites for hydroxylation is 1. The maximum Gasteiger partial charge on any atom is 0.262 e. The first-order valence-electron chi connectivity index (χ1n) is 8.89. The van der Waals surface area contributed by atoms with E-state index in [0.717, 1.165) is 22.4 Å². The van der Waals surface area contributed by atoms with Crippen molar-refractivity contribution in [3.63, 3.8) is 0 Å². The zero-order valence-corrected chi connectivity index (χ0v) is 16.8. The van der Waals surface area contributed by atoms with Crippen molar-refractivity contribution < 1.29 is 13.9 Å². The Morgan fingerprint density at radius 2 is 1.97 bits per heavy atom. The van der Waals surface area contributed by atoms with Crippen molar-refractivity contribution in [3.05, 3.63) is 82.1 Å². The molecule has 1 N–H and O–H groups in total. The molecule has 1 heterocycles. The summed E-state index contributed by atoms with van der Waals surface area (Å²) in [7, 11) is 1.59. The summed E-state index contributed by atoms with van der Waals surface area (Å²) in [5, 5.41) is 12.7. The number of hydrogen-bond donors (Lipinski definition) is 1. The van der Waals surface area contributed by atoms with Crippen LogP contribution in [-0.4, -0.2) is 13.0 Å². The molecule has 0 spiro atoms. The second kappa shape index (κ2) is 9.13. The third-order valence-corrected chi connectivity index (χ3v) is 4.59. The lowest BCUT2D eigenvalue weighted by Gasteiger charge is -2.05. The summed E-state index contributed by atoms with van der Waals surface area (Å²) in [6, 6.07) is 18.3. The number of benzene rings is 2. The number of nitrogens with zero attached hydrogens (tertiary/aromatic N) is 1. The van der Waals surface area contributed by atoms with Gasteiger partial charge >= 0.3 is 0 Å². The van der Waals surface area contributed by atoms with Crippen LogP contribution < -0.4 is 10.1 Å². The van der Waals surface area contributed by atoms with Crippen molar-refractivity contribution >= 4 is 23.6 Å². The molecule has 0 aliphatic heterocycles. The Morgan fingerprint density at radius 3 is 2.66 bits per heavy atom. The number of halogens is 1. The van der Waals surface area contributed by atoms with Gasteiger partial charge in [0.15, 0.2) is 0 Å². The highest BCUT2D eigenvalue weighted by Crippen LogP contribution is 2.29. The Kier molecular flexibility index (Phi) is 6.38. The number of nitriles is 1. The summed E-state index contributed by atoms with van der Waals surface area (Å²) >= 11 is 6.07. The topological polar surface area (TPSA) is 75.3 Å². The van der Waals surface area contributed by atoms with E-state index in [2.05, 4.69) is 5.32 Å². The van der Waals surface area contributed by atoms with Gasteiger partial charge in [-0.15, -0.1) is 0 Å². The molecule has 2 aromatic carbocycles. The molecule has 3 aromatic rings. The molecule has 0 aliphatic rings. The molecule has 0 saturated carbocycles. The SMILES string of the molecule is COc1ccc(CNC(=O)/C(C#N)=C\c2ccc(-c3cc(Cl)ccc3C)o2)cc1. The van der Waals surface area contributed by atoms with Crippen molar-refractivity contribution in [1.29, 1.82) is 5.26 Å². The van der Waals surface area contributed by atoms with E-state index in [1.54, 1.807) is 19.2 Å². The van der Waals surface area contributed by atoms with E-state index in [1.807, 2.05) is 55.5 Å². The molecule has 0 fully saturated rings. The van der Waals surface area contributed by atoms with Gasteiger partial charge < -0.3 is 14.5 Å². The standard InChI is InChI=1S/C23H19ClN2O3/c1-15-3-6-18(24)12-21(15)22-10-9-20(29-22)11-17(13-25)23(27)26-14-16-4-7-19(28-2)8-5-16/h3-12H,14H2,1-2H3,(H,26,27)/b17-11-. The van der Waals surface area contributed by atoms with Gasteiger partial charge in [-0.05, 0) is 54.4 Å². The fourth-order valence-corrected chi connectivity index (χ4v) is 2.92. The minimum absolute atomic E-state index is 0.0396. The molecule has 0 aliphatic carbocycles. The molecule has 1 aromatic heterocycles. The van der Waals surface area contributed by atoms with Crippen LogP contribution in [0.5, 0.6) is 5.75 Å².